The highest BCUT2D eigenvalue weighted by Crippen LogP contribution is 2.29. The van der Waals surface area contributed by atoms with Gasteiger partial charge in [-0.05, 0) is 54.3 Å². The normalized spacial score (nSPS) is 13.4. The van der Waals surface area contributed by atoms with E-state index < -0.39 is 0 Å². The second-order valence-corrected chi connectivity index (χ2v) is 8.51. The Hall–Kier alpha value is -3.08. The van der Waals surface area contributed by atoms with E-state index in [0.717, 1.165) is 42.1 Å². The molecule has 31 heavy (non-hydrogen) atoms. The zero-order valence-corrected chi connectivity index (χ0v) is 18.5. The molecule has 0 aliphatic heterocycles. The average Bonchev–Trinajstić information content (AvgIpc) is 3.55. The van der Waals surface area contributed by atoms with Crippen molar-refractivity contribution >= 4 is 22.6 Å². The second kappa shape index (κ2) is 9.38. The zero-order valence-electron chi connectivity index (χ0n) is 18.5. The molecular weight excluding hydrogens is 386 g/mol. The maximum Gasteiger partial charge on any atom is 0.254 e. The van der Waals surface area contributed by atoms with E-state index in [9.17, 15) is 9.59 Å². The van der Waals surface area contributed by atoms with Crippen LogP contribution in [0.4, 0.5) is 0 Å². The fourth-order valence-corrected chi connectivity index (χ4v) is 3.98. The van der Waals surface area contributed by atoms with Crippen molar-refractivity contribution < 1.29 is 9.59 Å². The van der Waals surface area contributed by atoms with Gasteiger partial charge in [-0.15, -0.1) is 0 Å². The summed E-state index contributed by atoms with van der Waals surface area (Å²) in [5, 5.41) is 2.16. The first-order valence-electron chi connectivity index (χ1n) is 11.2. The van der Waals surface area contributed by atoms with Gasteiger partial charge in [0.25, 0.3) is 5.91 Å². The van der Waals surface area contributed by atoms with Crippen LogP contribution in [0.25, 0.3) is 10.8 Å². The van der Waals surface area contributed by atoms with Gasteiger partial charge in [0.2, 0.25) is 5.91 Å². The van der Waals surface area contributed by atoms with Gasteiger partial charge in [0.1, 0.15) is 6.54 Å². The van der Waals surface area contributed by atoms with E-state index in [1.54, 1.807) is 4.90 Å². The topological polar surface area (TPSA) is 45.6 Å². The molecule has 1 heterocycles. The third-order valence-electron chi connectivity index (χ3n) is 6.09. The maximum atomic E-state index is 13.4. The Bertz CT molecular complexity index is 1070. The van der Waals surface area contributed by atoms with Gasteiger partial charge < -0.3 is 14.4 Å². The lowest BCUT2D eigenvalue weighted by molar-refractivity contribution is -0.132. The molecule has 0 unspecified atom stereocenters. The van der Waals surface area contributed by atoms with E-state index >= 15 is 0 Å². The highest BCUT2D eigenvalue weighted by atomic mass is 16.2. The molecule has 5 nitrogen and oxygen atoms in total. The Morgan fingerprint density at radius 3 is 2.48 bits per heavy atom. The van der Waals surface area contributed by atoms with Crippen LogP contribution in [0.2, 0.25) is 0 Å². The molecule has 162 valence electrons. The minimum atomic E-state index is -0.0455. The van der Waals surface area contributed by atoms with Crippen molar-refractivity contribution in [3.63, 3.8) is 0 Å². The van der Waals surface area contributed by atoms with E-state index in [-0.39, 0.29) is 24.4 Å². The predicted octanol–water partition coefficient (Wildman–Crippen LogP) is 4.61. The highest BCUT2D eigenvalue weighted by Gasteiger charge is 2.35. The number of nitrogens with zero attached hydrogens (tertiary/aromatic N) is 3. The number of aromatic nitrogens is 1. The molecule has 0 radical (unpaired) electrons. The van der Waals surface area contributed by atoms with Crippen molar-refractivity contribution in [2.75, 3.05) is 13.1 Å². The first-order valence-corrected chi connectivity index (χ1v) is 11.2. The van der Waals surface area contributed by atoms with Gasteiger partial charge >= 0.3 is 0 Å². The zero-order chi connectivity index (χ0) is 21.8. The molecule has 0 saturated heterocycles. The van der Waals surface area contributed by atoms with Crippen LogP contribution in [-0.2, 0) is 18.4 Å². The molecule has 3 aromatic rings. The molecular formula is C26H31N3O2. The molecule has 0 N–H and O–H groups in total. The number of hydrogen-bond donors (Lipinski definition) is 0. The summed E-state index contributed by atoms with van der Waals surface area (Å²) in [4.78, 5) is 30.4. The van der Waals surface area contributed by atoms with Crippen LogP contribution in [0, 0.1) is 0 Å². The molecule has 1 aliphatic carbocycles. The fraction of sp³-hybridized carbons (Fsp3) is 0.385. The maximum absolute atomic E-state index is 13.4. The number of carbonyl (C=O) groups is 2. The van der Waals surface area contributed by atoms with Crippen molar-refractivity contribution in [1.29, 1.82) is 0 Å². The van der Waals surface area contributed by atoms with Crippen molar-refractivity contribution in [1.82, 2.24) is 14.4 Å². The smallest absolute Gasteiger partial charge is 0.254 e. The molecule has 2 amide bonds. The van der Waals surface area contributed by atoms with Crippen LogP contribution < -0.4 is 0 Å². The van der Waals surface area contributed by atoms with Gasteiger partial charge in [-0.1, -0.05) is 43.7 Å². The summed E-state index contributed by atoms with van der Waals surface area (Å²) in [6.07, 6.45) is 5.92. The minimum Gasteiger partial charge on any atom is -0.353 e. The first-order chi connectivity index (χ1) is 15.1. The first kappa shape index (κ1) is 21.2. The van der Waals surface area contributed by atoms with Gasteiger partial charge in [0, 0.05) is 37.1 Å². The van der Waals surface area contributed by atoms with E-state index in [1.807, 2.05) is 77.3 Å². The van der Waals surface area contributed by atoms with Crippen molar-refractivity contribution in [2.24, 2.45) is 7.05 Å². The molecule has 0 atom stereocenters. The second-order valence-electron chi connectivity index (χ2n) is 8.51. The van der Waals surface area contributed by atoms with E-state index in [1.165, 1.54) is 0 Å². The third-order valence-corrected chi connectivity index (χ3v) is 6.09. The summed E-state index contributed by atoms with van der Waals surface area (Å²) in [6, 6.07) is 18.1. The molecule has 1 aromatic heterocycles. The monoisotopic (exact) mass is 417 g/mol. The van der Waals surface area contributed by atoms with Crippen molar-refractivity contribution in [3.8, 4) is 0 Å². The standard InChI is InChI=1S/C26H31N3O2/c1-3-4-16-28(18-24-10-7-15-27(24)2)25(30)19-29(23-13-14-23)26(31)22-12-11-20-8-5-6-9-21(20)17-22/h5-12,15,17,23H,3-4,13-14,16,18-19H2,1-2H3. The molecule has 2 aromatic carbocycles. The summed E-state index contributed by atoms with van der Waals surface area (Å²) < 4.78 is 2.05. The third kappa shape index (κ3) is 4.98. The number of carbonyl (C=O) groups excluding carboxylic acids is 2. The summed E-state index contributed by atoms with van der Waals surface area (Å²) in [6.45, 7) is 3.56. The van der Waals surface area contributed by atoms with Crippen LogP contribution >= 0.6 is 0 Å². The molecule has 1 saturated carbocycles. The lowest BCUT2D eigenvalue weighted by Gasteiger charge is -2.28. The minimum absolute atomic E-state index is 0.0238. The van der Waals surface area contributed by atoms with Crippen LogP contribution in [0.3, 0.4) is 0 Å². The lowest BCUT2D eigenvalue weighted by atomic mass is 10.1. The Kier molecular flexibility index (Phi) is 6.40. The van der Waals surface area contributed by atoms with Crippen molar-refractivity contribution in [3.05, 3.63) is 72.1 Å². The fourth-order valence-electron chi connectivity index (χ4n) is 3.98. The van der Waals surface area contributed by atoms with Gasteiger partial charge in [-0.3, -0.25) is 9.59 Å². The molecule has 1 aliphatic rings. The number of aryl methyl sites for hydroxylation is 1. The van der Waals surface area contributed by atoms with E-state index in [0.29, 0.717) is 18.7 Å². The molecule has 0 spiro atoms. The summed E-state index contributed by atoms with van der Waals surface area (Å²) in [5.41, 5.74) is 1.75. The summed E-state index contributed by atoms with van der Waals surface area (Å²) in [7, 11) is 2.00. The Morgan fingerprint density at radius 2 is 1.81 bits per heavy atom. The number of amides is 2. The van der Waals surface area contributed by atoms with E-state index in [2.05, 4.69) is 6.92 Å². The van der Waals surface area contributed by atoms with Crippen LogP contribution in [0.5, 0.6) is 0 Å². The van der Waals surface area contributed by atoms with Gasteiger partial charge in [0.05, 0.1) is 6.54 Å². The SMILES string of the molecule is CCCCN(Cc1cccn1C)C(=O)CN(C(=O)c1ccc2ccccc2c1)C1CC1. The molecule has 4 rings (SSSR count). The number of hydrogen-bond acceptors (Lipinski definition) is 2. The molecule has 5 heteroatoms. The van der Waals surface area contributed by atoms with E-state index in [4.69, 9.17) is 0 Å². The predicted molar refractivity (Wildman–Crippen MR) is 124 cm³/mol. The van der Waals surface area contributed by atoms with Crippen LogP contribution in [0.1, 0.15) is 48.7 Å². The number of benzene rings is 2. The van der Waals surface area contributed by atoms with Gasteiger partial charge in [-0.25, -0.2) is 0 Å². The Morgan fingerprint density at radius 1 is 1.03 bits per heavy atom. The highest BCUT2D eigenvalue weighted by molar-refractivity contribution is 6.00. The lowest BCUT2D eigenvalue weighted by Crippen LogP contribution is -2.44. The molecule has 0 bridgehead atoms. The van der Waals surface area contributed by atoms with Crippen molar-refractivity contribution in [2.45, 2.75) is 45.2 Å². The summed E-state index contributed by atoms with van der Waals surface area (Å²) >= 11 is 0. The van der Waals surface area contributed by atoms with Crippen LogP contribution in [-0.4, -0.2) is 45.3 Å². The largest absolute Gasteiger partial charge is 0.353 e. The molecule has 1 fully saturated rings. The quantitative estimate of drug-likeness (QED) is 0.510. The Balaban J connectivity index is 1.52. The number of unbranched alkanes of at least 4 members (excludes halogenated alkanes) is 1. The van der Waals surface area contributed by atoms with Crippen LogP contribution in [0.15, 0.2) is 60.8 Å². The summed E-state index contributed by atoms with van der Waals surface area (Å²) in [5.74, 6) is -0.0217. The number of fused-ring (bicyclic) bond motifs is 1. The van der Waals surface area contributed by atoms with Gasteiger partial charge in [0.15, 0.2) is 0 Å². The number of rotatable bonds is 9. The average molecular weight is 418 g/mol. The Labute approximate surface area is 184 Å². The van der Waals surface area contributed by atoms with Gasteiger partial charge in [-0.2, -0.15) is 0 Å².